The third-order valence-corrected chi connectivity index (χ3v) is 2.39. The van der Waals surface area contributed by atoms with Gasteiger partial charge in [-0.2, -0.15) is 5.26 Å². The largest absolute Gasteiger partial charge is 0.372 e. The van der Waals surface area contributed by atoms with E-state index in [1.54, 1.807) is 30.5 Å². The van der Waals surface area contributed by atoms with Gasteiger partial charge in [-0.05, 0) is 18.2 Å². The van der Waals surface area contributed by atoms with Gasteiger partial charge in [-0.15, -0.1) is 0 Å². The van der Waals surface area contributed by atoms with Crippen LogP contribution in [0.4, 0.5) is 0 Å². The topological polar surface area (TPSA) is 101 Å². The fourth-order valence-corrected chi connectivity index (χ4v) is 1.56. The molecule has 1 atom stereocenters. The first-order valence-corrected chi connectivity index (χ1v) is 5.43. The summed E-state index contributed by atoms with van der Waals surface area (Å²) < 4.78 is 0. The van der Waals surface area contributed by atoms with Gasteiger partial charge in [0.1, 0.15) is 12.3 Å². The highest BCUT2D eigenvalue weighted by atomic mass is 16.6. The molecule has 19 heavy (non-hydrogen) atoms. The van der Waals surface area contributed by atoms with Crippen LogP contribution < -0.4 is 5.73 Å². The minimum Gasteiger partial charge on any atom is -0.372 e. The van der Waals surface area contributed by atoms with Gasteiger partial charge in [-0.25, -0.2) is 0 Å². The summed E-state index contributed by atoms with van der Waals surface area (Å²) in [4.78, 5) is 19.6. The number of aromatic nitrogens is 1. The van der Waals surface area contributed by atoms with Gasteiger partial charge in [-0.1, -0.05) is 17.3 Å². The van der Waals surface area contributed by atoms with E-state index in [9.17, 15) is 4.79 Å². The minimum atomic E-state index is -0.903. The van der Waals surface area contributed by atoms with Crippen molar-refractivity contribution in [2.24, 2.45) is 10.9 Å². The lowest BCUT2D eigenvalue weighted by atomic mass is 10.1. The number of benzene rings is 1. The zero-order valence-electron chi connectivity index (χ0n) is 9.85. The Kier molecular flexibility index (Phi) is 3.69. The fourth-order valence-electron chi connectivity index (χ4n) is 1.56. The molecular weight excluding hydrogens is 244 g/mol. The van der Waals surface area contributed by atoms with Gasteiger partial charge in [0.15, 0.2) is 0 Å². The zero-order valence-corrected chi connectivity index (χ0v) is 9.85. The van der Waals surface area contributed by atoms with Crippen molar-refractivity contribution in [1.82, 2.24) is 4.98 Å². The quantitative estimate of drug-likeness (QED) is 0.656. The number of fused-ring (bicyclic) bond motifs is 1. The summed E-state index contributed by atoms with van der Waals surface area (Å²) in [5, 5.41) is 13.3. The summed E-state index contributed by atoms with van der Waals surface area (Å²) >= 11 is 0. The van der Waals surface area contributed by atoms with Gasteiger partial charge in [0.05, 0.1) is 5.52 Å². The van der Waals surface area contributed by atoms with E-state index in [0.29, 0.717) is 5.56 Å². The Labute approximate surface area is 109 Å². The van der Waals surface area contributed by atoms with Gasteiger partial charge >= 0.3 is 0 Å². The van der Waals surface area contributed by atoms with E-state index in [1.165, 1.54) is 0 Å². The lowest BCUT2D eigenvalue weighted by Crippen LogP contribution is -2.12. The normalized spacial score (nSPS) is 12.2. The average Bonchev–Trinajstić information content (AvgIpc) is 2.43. The molecule has 0 bridgehead atoms. The van der Waals surface area contributed by atoms with E-state index >= 15 is 0 Å². The van der Waals surface area contributed by atoms with Crippen LogP contribution in [-0.2, 0) is 9.63 Å². The van der Waals surface area contributed by atoms with E-state index in [-0.39, 0.29) is 0 Å². The molecule has 0 radical (unpaired) electrons. The predicted molar refractivity (Wildman–Crippen MR) is 68.9 cm³/mol. The SMILES string of the molecule is N#CC(O/N=C/C(N)=O)c1ccc2ncccc2c1. The second kappa shape index (κ2) is 5.60. The molecule has 2 aromatic rings. The lowest BCUT2D eigenvalue weighted by molar-refractivity contribution is -0.111. The standard InChI is InChI=1S/C13H10N4O2/c14-7-12(19-17-8-13(15)18)10-3-4-11-9(6-10)2-1-5-16-11/h1-6,8,12H,(H2,15,18)/b17-8+. The van der Waals surface area contributed by atoms with Gasteiger partial charge in [-0.3, -0.25) is 9.78 Å². The highest BCUT2D eigenvalue weighted by molar-refractivity contribution is 6.25. The monoisotopic (exact) mass is 254 g/mol. The van der Waals surface area contributed by atoms with Gasteiger partial charge < -0.3 is 10.6 Å². The van der Waals surface area contributed by atoms with E-state index < -0.39 is 12.0 Å². The number of oxime groups is 1. The van der Waals surface area contributed by atoms with E-state index in [1.807, 2.05) is 12.1 Å². The molecular formula is C13H10N4O2. The molecule has 0 fully saturated rings. The van der Waals surface area contributed by atoms with Crippen molar-refractivity contribution in [1.29, 1.82) is 5.26 Å². The molecule has 1 aromatic heterocycles. The van der Waals surface area contributed by atoms with E-state index in [0.717, 1.165) is 17.1 Å². The van der Waals surface area contributed by atoms with Crippen molar-refractivity contribution in [2.75, 3.05) is 0 Å². The molecule has 94 valence electrons. The van der Waals surface area contributed by atoms with Crippen LogP contribution in [0.1, 0.15) is 11.7 Å². The molecule has 0 aliphatic heterocycles. The number of pyridine rings is 1. The van der Waals surface area contributed by atoms with Crippen LogP contribution in [0.5, 0.6) is 0 Å². The highest BCUT2D eigenvalue weighted by Gasteiger charge is 2.12. The molecule has 6 heteroatoms. The van der Waals surface area contributed by atoms with Crippen molar-refractivity contribution in [3.05, 3.63) is 42.1 Å². The maximum Gasteiger partial charge on any atom is 0.263 e. The van der Waals surface area contributed by atoms with E-state index in [2.05, 4.69) is 10.1 Å². The summed E-state index contributed by atoms with van der Waals surface area (Å²) in [7, 11) is 0. The second-order valence-electron chi connectivity index (χ2n) is 3.71. The molecule has 0 saturated heterocycles. The van der Waals surface area contributed by atoms with Crippen LogP contribution in [0.3, 0.4) is 0 Å². The number of carbonyl (C=O) groups is 1. The Morgan fingerprint density at radius 3 is 3.11 bits per heavy atom. The van der Waals surface area contributed by atoms with Gasteiger partial charge in [0.2, 0.25) is 6.10 Å². The van der Waals surface area contributed by atoms with Crippen LogP contribution in [0, 0.1) is 11.3 Å². The smallest absolute Gasteiger partial charge is 0.263 e. The lowest BCUT2D eigenvalue weighted by Gasteiger charge is -2.07. The molecule has 2 N–H and O–H groups in total. The van der Waals surface area contributed by atoms with Crippen LogP contribution in [0.25, 0.3) is 10.9 Å². The first kappa shape index (κ1) is 12.5. The molecule has 0 aliphatic rings. The van der Waals surface area contributed by atoms with Crippen LogP contribution in [0.2, 0.25) is 0 Å². The number of primary amides is 1. The second-order valence-corrected chi connectivity index (χ2v) is 3.71. The zero-order chi connectivity index (χ0) is 13.7. The first-order chi connectivity index (χ1) is 9.20. The highest BCUT2D eigenvalue weighted by Crippen LogP contribution is 2.21. The first-order valence-electron chi connectivity index (χ1n) is 5.43. The predicted octanol–water partition coefficient (Wildman–Crippen LogP) is 1.29. The van der Waals surface area contributed by atoms with E-state index in [4.69, 9.17) is 15.8 Å². The fraction of sp³-hybridized carbons (Fsp3) is 0.0769. The number of rotatable bonds is 4. The van der Waals surface area contributed by atoms with Crippen molar-refractivity contribution in [3.63, 3.8) is 0 Å². The van der Waals surface area contributed by atoms with Crippen LogP contribution in [-0.4, -0.2) is 17.1 Å². The molecule has 1 heterocycles. The maximum absolute atomic E-state index is 10.5. The van der Waals surface area contributed by atoms with Gasteiger partial charge in [0, 0.05) is 17.1 Å². The molecule has 6 nitrogen and oxygen atoms in total. The number of amides is 1. The third-order valence-electron chi connectivity index (χ3n) is 2.39. The summed E-state index contributed by atoms with van der Waals surface area (Å²) in [6.45, 7) is 0. The number of nitrogens with two attached hydrogens (primary N) is 1. The van der Waals surface area contributed by atoms with Crippen LogP contribution in [0.15, 0.2) is 41.7 Å². The Balaban J connectivity index is 2.26. The van der Waals surface area contributed by atoms with Gasteiger partial charge in [0.25, 0.3) is 5.91 Å². The van der Waals surface area contributed by atoms with Crippen molar-refractivity contribution in [2.45, 2.75) is 6.10 Å². The summed E-state index contributed by atoms with van der Waals surface area (Å²) in [5.41, 5.74) is 6.33. The Morgan fingerprint density at radius 1 is 1.53 bits per heavy atom. The Bertz CT molecular complexity index is 676. The molecule has 2 rings (SSSR count). The average molecular weight is 254 g/mol. The third kappa shape index (κ3) is 3.04. The number of nitrogens with zero attached hydrogens (tertiary/aromatic N) is 3. The molecule has 1 amide bonds. The summed E-state index contributed by atoms with van der Waals surface area (Å²) in [6, 6.07) is 10.9. The van der Waals surface area contributed by atoms with Crippen molar-refractivity contribution in [3.8, 4) is 6.07 Å². The molecule has 0 spiro atoms. The number of nitriles is 1. The Morgan fingerprint density at radius 2 is 2.37 bits per heavy atom. The maximum atomic E-state index is 10.5. The number of hydrogen-bond donors (Lipinski definition) is 1. The minimum absolute atomic E-state index is 0.629. The number of carbonyl (C=O) groups excluding carboxylic acids is 1. The summed E-state index contributed by atoms with van der Waals surface area (Å²) in [6.07, 6.45) is 1.60. The van der Waals surface area contributed by atoms with Crippen LogP contribution >= 0.6 is 0 Å². The molecule has 0 saturated carbocycles. The molecule has 0 aliphatic carbocycles. The Hall–Kier alpha value is -2.94. The van der Waals surface area contributed by atoms with Crippen molar-refractivity contribution >= 4 is 23.0 Å². The van der Waals surface area contributed by atoms with Crippen molar-refractivity contribution < 1.29 is 9.63 Å². The molecule has 1 aromatic carbocycles. The summed E-state index contributed by atoms with van der Waals surface area (Å²) in [5.74, 6) is -0.737. The number of hydrogen-bond acceptors (Lipinski definition) is 5. The molecule has 1 unspecified atom stereocenters.